The number of hydrogen-bond acceptors (Lipinski definition) is 29. The van der Waals surface area contributed by atoms with Crippen molar-refractivity contribution in [2.75, 3.05) is 79.0 Å². The first-order chi connectivity index (χ1) is 63.9. The predicted octanol–water partition coefficient (Wildman–Crippen LogP) is 2.12. The van der Waals surface area contributed by atoms with E-state index in [-0.39, 0.29) is 103 Å². The minimum Gasteiger partial charge on any atom is -0.481 e. The van der Waals surface area contributed by atoms with Crippen molar-refractivity contribution in [1.82, 2.24) is 47.9 Å². The summed E-state index contributed by atoms with van der Waals surface area (Å²) in [5.74, 6) is -33.1. The number of carboxylic acids is 9. The van der Waals surface area contributed by atoms with E-state index in [4.69, 9.17) is 24.5 Å². The van der Waals surface area contributed by atoms with Crippen molar-refractivity contribution >= 4 is 142 Å². The zero-order valence-electron chi connectivity index (χ0n) is 76.4. The number of unbranched alkanes of at least 4 members (excludes halogenated alkanes) is 15. The van der Waals surface area contributed by atoms with E-state index >= 15 is 0 Å². The lowest BCUT2D eigenvalue weighted by Gasteiger charge is -2.23. The Morgan fingerprint density at radius 1 is 0.267 bits per heavy atom. The lowest BCUT2D eigenvalue weighted by Crippen LogP contribution is -2.48. The van der Waals surface area contributed by atoms with Crippen LogP contribution in [0.4, 0.5) is 0 Å². The van der Waals surface area contributed by atoms with Crippen LogP contribution >= 0.6 is 0 Å². The maximum Gasteiger partial charge on any atom is 0.326 e. The molecule has 135 heavy (non-hydrogen) atoms. The number of azide groups is 1. The summed E-state index contributed by atoms with van der Waals surface area (Å²) in [5, 5.41) is 110. The molecule has 0 fully saturated rings. The zero-order chi connectivity index (χ0) is 102. The topological polar surface area (TPSA) is 786 Å². The number of rotatable bonds is 88. The summed E-state index contributed by atoms with van der Waals surface area (Å²) in [6.07, 6.45) is 2.87. The normalized spacial score (nSPS) is 13.2. The highest BCUT2D eigenvalue weighted by atomic mass is 16.5. The molecule has 760 valence electrons. The summed E-state index contributed by atoms with van der Waals surface area (Å²) in [6, 6.07) is -9.60. The van der Waals surface area contributed by atoms with Crippen molar-refractivity contribution in [2.24, 2.45) is 28.8 Å². The van der Waals surface area contributed by atoms with Crippen LogP contribution < -0.4 is 47.9 Å². The number of aliphatic carboxylic acids is 9. The number of carbonyl (C=O) groups excluding carboxylic acids is 15. The number of nitrogens with zero attached hydrogens (tertiary/aromatic N) is 3. The second-order valence-corrected chi connectivity index (χ2v) is 32.4. The van der Waals surface area contributed by atoms with Gasteiger partial charge in [0.05, 0.1) is 126 Å². The molecular weight excluding hydrogens is 1790 g/mol. The van der Waals surface area contributed by atoms with Crippen molar-refractivity contribution < 1.29 is 180 Å². The van der Waals surface area contributed by atoms with E-state index in [0.717, 1.165) is 104 Å². The summed E-state index contributed by atoms with van der Waals surface area (Å²) in [6.45, 7) is 1.23. The third-order valence-corrected chi connectivity index (χ3v) is 20.5. The maximum atomic E-state index is 13.6. The Balaban J connectivity index is 5.60. The van der Waals surface area contributed by atoms with Crippen LogP contribution in [0, 0.1) is 23.7 Å². The van der Waals surface area contributed by atoms with Gasteiger partial charge in [-0.05, 0) is 83.6 Å². The van der Waals surface area contributed by atoms with Gasteiger partial charge in [-0.15, -0.1) is 0 Å². The van der Waals surface area contributed by atoms with Crippen LogP contribution in [0.5, 0.6) is 0 Å². The number of hydrogen-bond donors (Lipinski definition) is 18. The van der Waals surface area contributed by atoms with E-state index in [1.54, 1.807) is 0 Å². The van der Waals surface area contributed by atoms with Crippen LogP contribution in [-0.2, 0) is 134 Å². The van der Waals surface area contributed by atoms with Crippen molar-refractivity contribution in [3.63, 3.8) is 0 Å². The minimum atomic E-state index is -1.95. The Morgan fingerprint density at radius 2 is 0.570 bits per heavy atom. The van der Waals surface area contributed by atoms with Crippen LogP contribution in [0.3, 0.4) is 0 Å². The third-order valence-electron chi connectivity index (χ3n) is 20.5. The van der Waals surface area contributed by atoms with Crippen molar-refractivity contribution in [1.29, 1.82) is 0 Å². The minimum absolute atomic E-state index is 0.000189. The van der Waals surface area contributed by atoms with E-state index < -0.39 is 293 Å². The molecule has 10 unspecified atom stereocenters. The van der Waals surface area contributed by atoms with Gasteiger partial charge < -0.3 is 122 Å². The predicted molar refractivity (Wildman–Crippen MR) is 467 cm³/mol. The first kappa shape index (κ1) is 123. The smallest absolute Gasteiger partial charge is 0.326 e. The van der Waals surface area contributed by atoms with E-state index in [0.29, 0.717) is 38.6 Å². The highest BCUT2D eigenvalue weighted by Crippen LogP contribution is 2.21. The van der Waals surface area contributed by atoms with E-state index in [1.165, 1.54) is 0 Å². The van der Waals surface area contributed by atoms with Gasteiger partial charge >= 0.3 is 53.7 Å². The molecular formula is C86H134N12O37. The Morgan fingerprint density at radius 3 is 0.926 bits per heavy atom. The van der Waals surface area contributed by atoms with Crippen molar-refractivity contribution in [3.8, 4) is 0 Å². The number of carbonyl (C=O) groups is 24. The summed E-state index contributed by atoms with van der Waals surface area (Å²) in [7, 11) is 0. The number of ether oxygens (including phenoxy) is 4. The molecule has 49 nitrogen and oxygen atoms in total. The standard InChI is InChI=1S/C86H134N12O37/c1-53(99)39-55(43-73(109)110)81(125)96-63(49-79(121)122)67(103)41-57(45-75(113)114)83(127)94-61(47-77(117)118)65(101)24-21-33-132-35-37-134-51-71(107)89-30-20-17-23-59(85(129)90-31-19-14-10-6-3-7-11-15-26-69(105)88-29-18-13-9-5-4-8-12-16-27-70(106)93-60(86(130)131)28-32-91-98-87)92-72(108)52-135-38-36-133-34-22-25-66(102)62(48-78(119)120)95-84(128)58(46-76(115)116)42-68(104)64(50-80(123)124)97-82(126)56(40-54(2)100)44-74(111)112/h55-64H,3-52H2,1-2H3,(H,88,105)(H,89,107)(H,90,129)(H,92,108)(H,93,106)(H,94,127)(H,95,128)(H,96,125)(H,97,126)(H,109,110)(H,111,112)(H,113,114)(H,115,116)(H,117,118)(H,119,120)(H,121,122)(H,123,124)(H,130,131). The van der Waals surface area contributed by atoms with Gasteiger partial charge in [-0.3, -0.25) is 101 Å². The van der Waals surface area contributed by atoms with Crippen LogP contribution in [0.2, 0.25) is 0 Å². The number of ketones is 6. The quantitative estimate of drug-likeness (QED) is 0.0179. The molecule has 0 bridgehead atoms. The Labute approximate surface area is 778 Å². The zero-order valence-corrected chi connectivity index (χ0v) is 76.4. The third kappa shape index (κ3) is 65.8. The highest BCUT2D eigenvalue weighted by Gasteiger charge is 2.38. The van der Waals surface area contributed by atoms with Gasteiger partial charge in [-0.25, -0.2) is 4.79 Å². The molecule has 0 aliphatic rings. The van der Waals surface area contributed by atoms with Gasteiger partial charge in [0.15, 0.2) is 23.1 Å². The van der Waals surface area contributed by atoms with Crippen molar-refractivity contribution in [3.05, 3.63) is 10.4 Å². The fraction of sp³-hybridized carbons (Fsp3) is 0.721. The molecule has 49 heteroatoms. The van der Waals surface area contributed by atoms with Gasteiger partial charge in [-0.1, -0.05) is 82.2 Å². The molecule has 0 aromatic carbocycles. The van der Waals surface area contributed by atoms with Gasteiger partial charge in [0.25, 0.3) is 0 Å². The number of Topliss-reactive ketones (excluding diaryl/α,β-unsaturated/α-hetero) is 6. The average Bonchev–Trinajstić information content (AvgIpc) is 0.856. The van der Waals surface area contributed by atoms with Crippen LogP contribution in [-0.4, -0.2) is 303 Å². The molecule has 0 aliphatic carbocycles. The lowest BCUT2D eigenvalue weighted by atomic mass is 9.91. The Kier molecular flexibility index (Phi) is 67.2. The van der Waals surface area contributed by atoms with Gasteiger partial charge in [0.2, 0.25) is 53.2 Å². The molecule has 0 heterocycles. The summed E-state index contributed by atoms with van der Waals surface area (Å²) >= 11 is 0. The van der Waals surface area contributed by atoms with Gasteiger partial charge in [-0.2, -0.15) is 0 Å². The molecule has 10 atom stereocenters. The molecule has 0 saturated carbocycles. The summed E-state index contributed by atoms with van der Waals surface area (Å²) in [4.78, 5) is 301. The fourth-order valence-corrected chi connectivity index (χ4v) is 13.6. The summed E-state index contributed by atoms with van der Waals surface area (Å²) in [5.41, 5.74) is 8.39. The number of nitrogens with one attached hydrogen (secondary N) is 9. The number of carboxylic acid groups (broad SMARTS) is 9. The summed E-state index contributed by atoms with van der Waals surface area (Å²) < 4.78 is 21.8. The molecule has 18 N–H and O–H groups in total. The Hall–Kier alpha value is -12.4. The van der Waals surface area contributed by atoms with E-state index in [1.807, 2.05) is 0 Å². The second kappa shape index (κ2) is 74.0. The molecule has 9 amide bonds. The van der Waals surface area contributed by atoms with Crippen LogP contribution in [0.1, 0.15) is 258 Å². The molecule has 0 spiro atoms. The van der Waals surface area contributed by atoms with Crippen LogP contribution in [0.25, 0.3) is 10.4 Å². The molecule has 0 aliphatic heterocycles. The average molecular weight is 1930 g/mol. The molecule has 0 rings (SSSR count). The SMILES string of the molecule is CC(=O)CC(CC(=O)O)C(=O)NC(CC(=O)O)C(=O)CC(CC(=O)O)C(=O)NC(CC(=O)O)C(=O)CCCOCCOCC(=O)NCCCCC(NC(=O)COCCOCCCC(=O)C(CC(=O)O)NC(=O)C(CC(=O)O)CC(=O)C(CC(=O)O)NC(=O)C(CC(C)=O)CC(=O)O)C(=O)NCCCCCCCCCCC(=O)NCCCCCCCCCCC(=O)NC(CCN=[N+]=[N-])C(=O)O. The molecule has 0 aromatic heterocycles. The molecule has 0 radical (unpaired) electrons. The molecule has 0 saturated heterocycles. The first-order valence-electron chi connectivity index (χ1n) is 44.9. The van der Waals surface area contributed by atoms with E-state index in [2.05, 4.69) is 57.9 Å². The monoisotopic (exact) mass is 1930 g/mol. The highest BCUT2D eigenvalue weighted by molar-refractivity contribution is 6.01. The lowest BCUT2D eigenvalue weighted by molar-refractivity contribution is -0.145. The van der Waals surface area contributed by atoms with Crippen molar-refractivity contribution in [2.45, 2.75) is 294 Å². The fourth-order valence-electron chi connectivity index (χ4n) is 13.6. The largest absolute Gasteiger partial charge is 0.481 e. The second-order valence-electron chi connectivity index (χ2n) is 32.4. The molecule has 0 aromatic rings. The Bertz CT molecular complexity index is 3920. The van der Waals surface area contributed by atoms with Gasteiger partial charge in [0, 0.05) is 95.7 Å². The van der Waals surface area contributed by atoms with E-state index in [9.17, 15) is 161 Å². The maximum absolute atomic E-state index is 13.6. The van der Waals surface area contributed by atoms with Crippen LogP contribution in [0.15, 0.2) is 5.11 Å². The first-order valence-corrected chi connectivity index (χ1v) is 44.9. The van der Waals surface area contributed by atoms with Gasteiger partial charge in [0.1, 0.15) is 36.9 Å². The number of amides is 9.